The lowest BCUT2D eigenvalue weighted by atomic mass is 10.1. The molecule has 0 radical (unpaired) electrons. The maximum atomic E-state index is 11.9. The number of likely N-dealkylation sites (tertiary alicyclic amines) is 1. The van der Waals surface area contributed by atoms with Crippen LogP contribution in [0.25, 0.3) is 11.0 Å². The Kier molecular flexibility index (Phi) is 3.97. The number of benzene rings is 1. The van der Waals surface area contributed by atoms with Crippen LogP contribution in [0.5, 0.6) is 0 Å². The van der Waals surface area contributed by atoms with E-state index in [2.05, 4.69) is 15.4 Å². The van der Waals surface area contributed by atoms with E-state index >= 15 is 0 Å². The summed E-state index contributed by atoms with van der Waals surface area (Å²) >= 11 is 0. The van der Waals surface area contributed by atoms with Crippen LogP contribution in [0, 0.1) is 0 Å². The maximum Gasteiger partial charge on any atom is 0.226 e. The molecule has 3 rings (SSSR count). The zero-order valence-corrected chi connectivity index (χ0v) is 11.5. The molecule has 2 heterocycles. The summed E-state index contributed by atoms with van der Waals surface area (Å²) < 4.78 is 5.20. The van der Waals surface area contributed by atoms with Gasteiger partial charge in [0.15, 0.2) is 5.58 Å². The van der Waals surface area contributed by atoms with Crippen LogP contribution in [-0.4, -0.2) is 42.1 Å². The molecule has 0 aliphatic carbocycles. The van der Waals surface area contributed by atoms with Crippen molar-refractivity contribution >= 4 is 16.9 Å². The van der Waals surface area contributed by atoms with E-state index in [0.29, 0.717) is 12.2 Å². The Bertz CT molecular complexity index is 588. The van der Waals surface area contributed by atoms with Crippen LogP contribution in [0.4, 0.5) is 0 Å². The topological polar surface area (TPSA) is 58.4 Å². The van der Waals surface area contributed by atoms with Crippen LogP contribution in [0.15, 0.2) is 28.8 Å². The summed E-state index contributed by atoms with van der Waals surface area (Å²) in [5.41, 5.74) is 1.44. The molecule has 1 N–H and O–H groups in total. The Hall–Kier alpha value is -1.88. The van der Waals surface area contributed by atoms with Gasteiger partial charge in [-0.3, -0.25) is 4.79 Å². The van der Waals surface area contributed by atoms with Gasteiger partial charge in [0.25, 0.3) is 0 Å². The highest BCUT2D eigenvalue weighted by Crippen LogP contribution is 2.17. The van der Waals surface area contributed by atoms with E-state index in [1.807, 2.05) is 24.3 Å². The number of carbonyl (C=O) groups excluding carboxylic acids is 1. The molecular formula is C15H19N3O2. The second-order valence-electron chi connectivity index (χ2n) is 5.20. The molecule has 1 saturated heterocycles. The lowest BCUT2D eigenvalue weighted by molar-refractivity contribution is -0.120. The third-order valence-electron chi connectivity index (χ3n) is 3.73. The Morgan fingerprint density at radius 2 is 2.10 bits per heavy atom. The largest absolute Gasteiger partial charge is 0.356 e. The van der Waals surface area contributed by atoms with Gasteiger partial charge in [0.1, 0.15) is 5.69 Å². The standard InChI is InChI=1S/C15H19N3O2/c19-15(16-7-10-18-8-3-4-9-18)11-13-12-5-1-2-6-14(12)20-17-13/h1-2,5-6H,3-4,7-11H2,(H,16,19). The zero-order valence-electron chi connectivity index (χ0n) is 11.5. The molecule has 20 heavy (non-hydrogen) atoms. The lowest BCUT2D eigenvalue weighted by Gasteiger charge is -2.14. The number of carbonyl (C=O) groups is 1. The first kappa shape index (κ1) is 13.1. The van der Waals surface area contributed by atoms with E-state index in [4.69, 9.17) is 4.52 Å². The molecule has 1 fully saturated rings. The summed E-state index contributed by atoms with van der Waals surface area (Å²) in [6.07, 6.45) is 2.83. The van der Waals surface area contributed by atoms with Gasteiger partial charge in [0, 0.05) is 18.5 Å². The van der Waals surface area contributed by atoms with E-state index in [1.54, 1.807) is 0 Å². The highest BCUT2D eigenvalue weighted by Gasteiger charge is 2.13. The molecular weight excluding hydrogens is 254 g/mol. The van der Waals surface area contributed by atoms with Gasteiger partial charge in [0.2, 0.25) is 5.91 Å². The highest BCUT2D eigenvalue weighted by atomic mass is 16.5. The summed E-state index contributed by atoms with van der Waals surface area (Å²) in [5, 5.41) is 7.84. The van der Waals surface area contributed by atoms with Crippen molar-refractivity contribution in [2.45, 2.75) is 19.3 Å². The number of nitrogens with zero attached hydrogens (tertiary/aromatic N) is 2. The predicted octanol–water partition coefficient (Wildman–Crippen LogP) is 1.58. The molecule has 0 spiro atoms. The van der Waals surface area contributed by atoms with E-state index < -0.39 is 0 Å². The average molecular weight is 273 g/mol. The fourth-order valence-corrected chi connectivity index (χ4v) is 2.64. The van der Waals surface area contributed by atoms with Gasteiger partial charge in [-0.2, -0.15) is 0 Å². The third kappa shape index (κ3) is 2.99. The second-order valence-corrected chi connectivity index (χ2v) is 5.20. The van der Waals surface area contributed by atoms with Gasteiger partial charge in [0.05, 0.1) is 6.42 Å². The van der Waals surface area contributed by atoms with E-state index in [9.17, 15) is 4.79 Å². The predicted molar refractivity (Wildman–Crippen MR) is 76.4 cm³/mol. The number of hydrogen-bond acceptors (Lipinski definition) is 4. The first-order valence-electron chi connectivity index (χ1n) is 7.15. The molecule has 2 aromatic rings. The smallest absolute Gasteiger partial charge is 0.226 e. The highest BCUT2D eigenvalue weighted by molar-refractivity contribution is 5.86. The molecule has 1 aromatic carbocycles. The second kappa shape index (κ2) is 6.05. The molecule has 0 unspecified atom stereocenters. The van der Waals surface area contributed by atoms with Gasteiger partial charge >= 0.3 is 0 Å². The summed E-state index contributed by atoms with van der Waals surface area (Å²) in [6.45, 7) is 3.95. The molecule has 0 atom stereocenters. The van der Waals surface area contributed by atoms with Crippen molar-refractivity contribution in [3.63, 3.8) is 0 Å². The van der Waals surface area contributed by atoms with Gasteiger partial charge in [-0.05, 0) is 38.1 Å². The van der Waals surface area contributed by atoms with Crippen LogP contribution in [0.3, 0.4) is 0 Å². The molecule has 1 aromatic heterocycles. The van der Waals surface area contributed by atoms with E-state index in [1.165, 1.54) is 12.8 Å². The zero-order chi connectivity index (χ0) is 13.8. The number of nitrogens with one attached hydrogen (secondary N) is 1. The van der Waals surface area contributed by atoms with Crippen LogP contribution in [0.2, 0.25) is 0 Å². The summed E-state index contributed by atoms with van der Waals surface area (Å²) in [7, 11) is 0. The van der Waals surface area contributed by atoms with Crippen molar-refractivity contribution in [3.8, 4) is 0 Å². The lowest BCUT2D eigenvalue weighted by Crippen LogP contribution is -2.34. The summed E-state index contributed by atoms with van der Waals surface area (Å²) in [5.74, 6) is 0.00301. The first-order valence-corrected chi connectivity index (χ1v) is 7.15. The Balaban J connectivity index is 1.50. The third-order valence-corrected chi connectivity index (χ3v) is 3.73. The van der Waals surface area contributed by atoms with Crippen LogP contribution >= 0.6 is 0 Å². The fraction of sp³-hybridized carbons (Fsp3) is 0.467. The Morgan fingerprint density at radius 1 is 1.30 bits per heavy atom. The van der Waals surface area contributed by atoms with Gasteiger partial charge < -0.3 is 14.7 Å². The molecule has 1 aliphatic heterocycles. The molecule has 5 nitrogen and oxygen atoms in total. The SMILES string of the molecule is O=C(Cc1noc2ccccc12)NCCN1CCCC1. The fourth-order valence-electron chi connectivity index (χ4n) is 2.64. The summed E-state index contributed by atoms with van der Waals surface area (Å²) in [4.78, 5) is 14.3. The molecule has 1 amide bonds. The number of hydrogen-bond donors (Lipinski definition) is 1. The molecule has 0 saturated carbocycles. The minimum Gasteiger partial charge on any atom is -0.356 e. The Labute approximate surface area is 117 Å². The summed E-state index contributed by atoms with van der Waals surface area (Å²) in [6, 6.07) is 7.61. The number of amides is 1. The van der Waals surface area contributed by atoms with Crippen molar-refractivity contribution in [2.75, 3.05) is 26.2 Å². The van der Waals surface area contributed by atoms with Crippen LogP contribution in [-0.2, 0) is 11.2 Å². The van der Waals surface area contributed by atoms with Crippen molar-refractivity contribution in [1.29, 1.82) is 0 Å². The normalized spacial score (nSPS) is 15.8. The maximum absolute atomic E-state index is 11.9. The van der Waals surface area contributed by atoms with Gasteiger partial charge in [-0.1, -0.05) is 17.3 Å². The molecule has 0 bridgehead atoms. The minimum absolute atomic E-state index is 0.00301. The number of aromatic nitrogens is 1. The van der Waals surface area contributed by atoms with Gasteiger partial charge in [-0.25, -0.2) is 0 Å². The Morgan fingerprint density at radius 3 is 2.95 bits per heavy atom. The minimum atomic E-state index is 0.00301. The van der Waals surface area contributed by atoms with Crippen molar-refractivity contribution < 1.29 is 9.32 Å². The molecule has 5 heteroatoms. The van der Waals surface area contributed by atoms with Crippen molar-refractivity contribution in [1.82, 2.24) is 15.4 Å². The number of para-hydroxylation sites is 1. The molecule has 1 aliphatic rings. The van der Waals surface area contributed by atoms with Crippen molar-refractivity contribution in [3.05, 3.63) is 30.0 Å². The van der Waals surface area contributed by atoms with E-state index in [-0.39, 0.29) is 12.3 Å². The number of fused-ring (bicyclic) bond motifs is 1. The molecule has 106 valence electrons. The average Bonchev–Trinajstić information content (AvgIpc) is 3.09. The number of rotatable bonds is 5. The van der Waals surface area contributed by atoms with Crippen LogP contribution in [0.1, 0.15) is 18.5 Å². The van der Waals surface area contributed by atoms with E-state index in [0.717, 1.165) is 30.6 Å². The first-order chi connectivity index (χ1) is 9.83. The quantitative estimate of drug-likeness (QED) is 0.898. The van der Waals surface area contributed by atoms with Gasteiger partial charge in [-0.15, -0.1) is 0 Å². The van der Waals surface area contributed by atoms with Crippen LogP contribution < -0.4 is 5.32 Å². The monoisotopic (exact) mass is 273 g/mol. The van der Waals surface area contributed by atoms with Crippen molar-refractivity contribution in [2.24, 2.45) is 0 Å².